The molecule has 5 nitrogen and oxygen atoms in total. The van der Waals surface area contributed by atoms with Crippen LogP contribution in [0.4, 0.5) is 0 Å². The van der Waals surface area contributed by atoms with Crippen molar-refractivity contribution >= 4 is 27.5 Å². The van der Waals surface area contributed by atoms with E-state index in [4.69, 9.17) is 4.74 Å². The van der Waals surface area contributed by atoms with Crippen LogP contribution in [0.15, 0.2) is 33.7 Å². The zero-order chi connectivity index (χ0) is 17.9. The number of carbonyl (C=O) groups is 1. The molecule has 0 saturated heterocycles. The number of pyridine rings is 1. The molecule has 2 heterocycles. The fraction of sp³-hybridized carbons (Fsp3) is 0.550. The molecule has 0 radical (unpaired) electrons. The maximum absolute atomic E-state index is 12.9. The number of carbonyl (C=O) groups excluding carboxylic acids is 1. The molecule has 0 atom stereocenters. The smallest absolute Gasteiger partial charge is 0.312 e. The van der Waals surface area contributed by atoms with Crippen molar-refractivity contribution in [3.05, 3.63) is 44.9 Å². The number of ether oxygens (including phenoxy) is 1. The standard InChI is InChI=1S/C20H21BrN2O3/c21-15-1-2-17-22-16(6-18(24)23(17)10-15)11-26-19(25)20-7-12-3-13(8-20)5-14(4-12)9-20/h1-2,6,10,12-14H,3-5,7-9,11H2. The minimum Gasteiger partial charge on any atom is -0.459 e. The molecule has 6 heteroatoms. The van der Waals surface area contributed by atoms with Crippen molar-refractivity contribution < 1.29 is 9.53 Å². The van der Waals surface area contributed by atoms with Gasteiger partial charge in [-0.25, -0.2) is 4.98 Å². The van der Waals surface area contributed by atoms with Gasteiger partial charge in [0.1, 0.15) is 12.3 Å². The first-order chi connectivity index (χ1) is 12.5. The maximum Gasteiger partial charge on any atom is 0.312 e. The van der Waals surface area contributed by atoms with Crippen LogP contribution in [0.5, 0.6) is 0 Å². The molecule has 4 bridgehead atoms. The van der Waals surface area contributed by atoms with E-state index >= 15 is 0 Å². The fourth-order valence-corrected chi connectivity index (χ4v) is 6.19. The second-order valence-electron chi connectivity index (χ2n) is 8.44. The van der Waals surface area contributed by atoms with Crippen LogP contribution in [0.3, 0.4) is 0 Å². The zero-order valence-corrected chi connectivity index (χ0v) is 16.1. The molecule has 0 N–H and O–H groups in total. The van der Waals surface area contributed by atoms with Gasteiger partial charge in [-0.1, -0.05) is 0 Å². The molecule has 136 valence electrons. The van der Waals surface area contributed by atoms with Gasteiger partial charge < -0.3 is 4.74 Å². The molecule has 4 fully saturated rings. The lowest BCUT2D eigenvalue weighted by Gasteiger charge is -2.55. The van der Waals surface area contributed by atoms with Gasteiger partial charge in [0.25, 0.3) is 5.56 Å². The number of esters is 1. The number of aromatic nitrogens is 2. The Morgan fingerprint density at radius 3 is 2.50 bits per heavy atom. The van der Waals surface area contributed by atoms with Crippen molar-refractivity contribution in [3.8, 4) is 0 Å². The highest BCUT2D eigenvalue weighted by Gasteiger charge is 2.55. The molecule has 0 aromatic carbocycles. The highest BCUT2D eigenvalue weighted by Crippen LogP contribution is 2.60. The Morgan fingerprint density at radius 2 is 1.85 bits per heavy atom. The summed E-state index contributed by atoms with van der Waals surface area (Å²) in [6.07, 6.45) is 8.54. The molecular formula is C20H21BrN2O3. The van der Waals surface area contributed by atoms with E-state index in [0.29, 0.717) is 29.1 Å². The Morgan fingerprint density at radius 1 is 1.19 bits per heavy atom. The van der Waals surface area contributed by atoms with Gasteiger partial charge in [-0.3, -0.25) is 14.0 Å². The topological polar surface area (TPSA) is 60.7 Å². The summed E-state index contributed by atoms with van der Waals surface area (Å²) in [4.78, 5) is 29.7. The molecule has 0 aliphatic heterocycles. The largest absolute Gasteiger partial charge is 0.459 e. The van der Waals surface area contributed by atoms with Crippen LogP contribution in [0.25, 0.3) is 5.65 Å². The van der Waals surface area contributed by atoms with Crippen molar-refractivity contribution in [2.24, 2.45) is 23.2 Å². The first-order valence-corrected chi connectivity index (χ1v) is 10.2. The van der Waals surface area contributed by atoms with Crippen LogP contribution in [0.1, 0.15) is 44.2 Å². The number of hydrogen-bond donors (Lipinski definition) is 0. The third-order valence-corrected chi connectivity index (χ3v) is 6.97. The van der Waals surface area contributed by atoms with Crippen molar-refractivity contribution in [3.63, 3.8) is 0 Å². The Kier molecular flexibility index (Phi) is 3.75. The summed E-state index contributed by atoms with van der Waals surface area (Å²) in [6.45, 7) is 0.0718. The van der Waals surface area contributed by atoms with Crippen LogP contribution in [-0.4, -0.2) is 15.4 Å². The lowest BCUT2D eigenvalue weighted by Crippen LogP contribution is -2.50. The Hall–Kier alpha value is -1.69. The minimum absolute atomic E-state index is 0.0718. The molecule has 2 aromatic rings. The highest BCUT2D eigenvalue weighted by atomic mass is 79.9. The van der Waals surface area contributed by atoms with Gasteiger partial charge in [-0.15, -0.1) is 0 Å². The van der Waals surface area contributed by atoms with Crippen LogP contribution in [-0.2, 0) is 16.1 Å². The minimum atomic E-state index is -0.272. The summed E-state index contributed by atoms with van der Waals surface area (Å²) in [5.74, 6) is 2.04. The predicted octanol–water partition coefficient (Wildman–Crippen LogP) is 3.72. The lowest BCUT2D eigenvalue weighted by molar-refractivity contribution is -0.173. The third-order valence-electron chi connectivity index (χ3n) is 6.50. The van der Waals surface area contributed by atoms with Gasteiger partial charge in [-0.05, 0) is 84.3 Å². The quantitative estimate of drug-likeness (QED) is 0.715. The van der Waals surface area contributed by atoms with Gasteiger partial charge in [0.05, 0.1) is 11.1 Å². The van der Waals surface area contributed by atoms with Gasteiger partial charge in [-0.2, -0.15) is 0 Å². The Labute approximate surface area is 159 Å². The van der Waals surface area contributed by atoms with Crippen molar-refractivity contribution in [1.29, 1.82) is 0 Å². The fourth-order valence-electron chi connectivity index (χ4n) is 5.85. The summed E-state index contributed by atoms with van der Waals surface area (Å²) in [6, 6.07) is 5.06. The van der Waals surface area contributed by atoms with Crippen LogP contribution in [0.2, 0.25) is 0 Å². The van der Waals surface area contributed by atoms with Gasteiger partial charge in [0, 0.05) is 16.7 Å². The molecule has 6 rings (SSSR count). The average Bonchev–Trinajstić information content (AvgIpc) is 2.59. The van der Waals surface area contributed by atoms with E-state index in [2.05, 4.69) is 20.9 Å². The summed E-state index contributed by atoms with van der Waals surface area (Å²) >= 11 is 3.35. The van der Waals surface area contributed by atoms with E-state index in [1.165, 1.54) is 29.7 Å². The molecule has 4 aliphatic carbocycles. The monoisotopic (exact) mass is 416 g/mol. The molecule has 4 saturated carbocycles. The normalized spacial score (nSPS) is 32.1. The Balaban J connectivity index is 1.35. The number of hydrogen-bond acceptors (Lipinski definition) is 4. The van der Waals surface area contributed by atoms with Gasteiger partial charge >= 0.3 is 5.97 Å². The van der Waals surface area contributed by atoms with E-state index in [-0.39, 0.29) is 23.6 Å². The summed E-state index contributed by atoms with van der Waals surface area (Å²) in [5.41, 5.74) is 0.625. The third kappa shape index (κ3) is 2.70. The molecular weight excluding hydrogens is 396 g/mol. The van der Waals surface area contributed by atoms with E-state index in [1.54, 1.807) is 12.3 Å². The number of halogens is 1. The molecule has 2 aromatic heterocycles. The summed E-state index contributed by atoms with van der Waals surface area (Å²) < 4.78 is 7.98. The SMILES string of the molecule is O=C(OCc1cc(=O)n2cc(Br)ccc2n1)C12CC3CC(CC(C3)C1)C2. The first-order valence-electron chi connectivity index (χ1n) is 9.36. The molecule has 0 amide bonds. The summed E-state index contributed by atoms with van der Waals surface area (Å²) in [5, 5.41) is 0. The van der Waals surface area contributed by atoms with Crippen LogP contribution in [0, 0.1) is 23.2 Å². The molecule has 26 heavy (non-hydrogen) atoms. The van der Waals surface area contributed by atoms with Crippen molar-refractivity contribution in [1.82, 2.24) is 9.38 Å². The van der Waals surface area contributed by atoms with Crippen LogP contribution >= 0.6 is 15.9 Å². The second kappa shape index (κ2) is 5.91. The van der Waals surface area contributed by atoms with E-state index in [0.717, 1.165) is 23.7 Å². The number of nitrogens with zero attached hydrogens (tertiary/aromatic N) is 2. The molecule has 4 aliphatic rings. The first kappa shape index (κ1) is 16.5. The number of fused-ring (bicyclic) bond motifs is 1. The zero-order valence-electron chi connectivity index (χ0n) is 14.5. The average molecular weight is 417 g/mol. The summed E-state index contributed by atoms with van der Waals surface area (Å²) in [7, 11) is 0. The van der Waals surface area contributed by atoms with E-state index in [1.807, 2.05) is 6.07 Å². The van der Waals surface area contributed by atoms with Crippen molar-refractivity contribution in [2.75, 3.05) is 0 Å². The number of rotatable bonds is 3. The van der Waals surface area contributed by atoms with Crippen molar-refractivity contribution in [2.45, 2.75) is 45.1 Å². The predicted molar refractivity (Wildman–Crippen MR) is 99.6 cm³/mol. The molecule has 0 unspecified atom stereocenters. The van der Waals surface area contributed by atoms with Crippen LogP contribution < -0.4 is 5.56 Å². The van der Waals surface area contributed by atoms with E-state index in [9.17, 15) is 9.59 Å². The Bertz CT molecular complexity index is 916. The van der Waals surface area contributed by atoms with Gasteiger partial charge in [0.2, 0.25) is 0 Å². The van der Waals surface area contributed by atoms with Gasteiger partial charge in [0.15, 0.2) is 0 Å². The highest BCUT2D eigenvalue weighted by molar-refractivity contribution is 9.10. The second-order valence-corrected chi connectivity index (χ2v) is 9.35. The molecule has 0 spiro atoms. The van der Waals surface area contributed by atoms with E-state index < -0.39 is 0 Å². The maximum atomic E-state index is 12.9. The lowest BCUT2D eigenvalue weighted by atomic mass is 9.49.